The van der Waals surface area contributed by atoms with Crippen molar-refractivity contribution in [1.82, 2.24) is 14.9 Å². The molecule has 2 heterocycles. The molecule has 0 fully saturated rings. The normalized spacial score (nSPS) is 18.3. The number of benzene rings is 3. The molecule has 0 aliphatic carbocycles. The Morgan fingerprint density at radius 2 is 1.79 bits per heavy atom. The van der Waals surface area contributed by atoms with Crippen LogP contribution in [0.1, 0.15) is 41.4 Å². The lowest BCUT2D eigenvalue weighted by atomic mass is 9.86. The summed E-state index contributed by atoms with van der Waals surface area (Å²) >= 11 is 0. The number of carbonyl (C=O) groups is 1. The van der Waals surface area contributed by atoms with Gasteiger partial charge < -0.3 is 15.2 Å². The van der Waals surface area contributed by atoms with Crippen molar-refractivity contribution >= 4 is 21.7 Å². The Labute approximate surface area is 220 Å². The van der Waals surface area contributed by atoms with E-state index in [1.165, 1.54) is 12.1 Å². The van der Waals surface area contributed by atoms with Gasteiger partial charge in [0, 0.05) is 17.2 Å². The van der Waals surface area contributed by atoms with Gasteiger partial charge in [-0.2, -0.15) is 5.10 Å². The predicted octanol–water partition coefficient (Wildman–Crippen LogP) is 4.19. The first kappa shape index (κ1) is 25.7. The summed E-state index contributed by atoms with van der Waals surface area (Å²) in [6, 6.07) is 21.4. The van der Waals surface area contributed by atoms with Gasteiger partial charge in [0.15, 0.2) is 5.82 Å². The Kier molecular flexibility index (Phi) is 6.56. The Morgan fingerprint density at radius 1 is 1.03 bits per heavy atom. The van der Waals surface area contributed by atoms with Crippen molar-refractivity contribution in [2.45, 2.75) is 43.4 Å². The number of aromatic nitrogens is 2. The van der Waals surface area contributed by atoms with E-state index >= 15 is 0 Å². The molecule has 3 aromatic carbocycles. The van der Waals surface area contributed by atoms with Crippen LogP contribution in [0.15, 0.2) is 83.8 Å². The predicted molar refractivity (Wildman–Crippen MR) is 143 cm³/mol. The van der Waals surface area contributed by atoms with Crippen molar-refractivity contribution in [1.29, 1.82) is 0 Å². The van der Waals surface area contributed by atoms with E-state index in [2.05, 4.69) is 20.2 Å². The molecule has 0 saturated heterocycles. The molecule has 0 unspecified atom stereocenters. The summed E-state index contributed by atoms with van der Waals surface area (Å²) in [4.78, 5) is 13.2. The number of nitrogens with one attached hydrogen (secondary N) is 3. The quantitative estimate of drug-likeness (QED) is 0.294. The van der Waals surface area contributed by atoms with Crippen LogP contribution in [0.5, 0.6) is 5.75 Å². The van der Waals surface area contributed by atoms with Crippen LogP contribution < -0.4 is 14.8 Å². The monoisotopic (exact) mass is 532 g/mol. The van der Waals surface area contributed by atoms with Crippen LogP contribution in [-0.2, 0) is 10.0 Å². The lowest BCUT2D eigenvalue weighted by Crippen LogP contribution is -2.53. The number of nitrogens with zero attached hydrogens (tertiary/aromatic N) is 1. The van der Waals surface area contributed by atoms with E-state index in [0.29, 0.717) is 17.1 Å². The number of anilines is 1. The van der Waals surface area contributed by atoms with E-state index < -0.39 is 33.7 Å². The zero-order valence-electron chi connectivity index (χ0n) is 21.1. The lowest BCUT2D eigenvalue weighted by Gasteiger charge is -2.42. The fourth-order valence-corrected chi connectivity index (χ4v) is 5.75. The number of ether oxygens (including phenoxy) is 1. The summed E-state index contributed by atoms with van der Waals surface area (Å²) in [5.74, 6) is 0.263. The molecule has 0 radical (unpaired) electrons. The SMILES string of the molecule is Cc1cccc(S(=O)(=O)N[C@@H]2c3cc(C(=O)Nc4cc(-c5ccccc5)[nH]n4)ccc3OC(C)(C)[C@H]2O)c1. The fraction of sp³-hybridized carbons (Fsp3) is 0.214. The number of aliphatic hydroxyl groups is 1. The van der Waals surface area contributed by atoms with Crippen molar-refractivity contribution < 1.29 is 23.1 Å². The van der Waals surface area contributed by atoms with E-state index in [1.807, 2.05) is 30.3 Å². The Bertz CT molecular complexity index is 1600. The van der Waals surface area contributed by atoms with Crippen molar-refractivity contribution in [3.63, 3.8) is 0 Å². The van der Waals surface area contributed by atoms with Crippen LogP contribution in [-0.4, -0.2) is 41.3 Å². The molecule has 1 aromatic heterocycles. The largest absolute Gasteiger partial charge is 0.485 e. The van der Waals surface area contributed by atoms with E-state index in [1.54, 1.807) is 57.2 Å². The Balaban J connectivity index is 1.44. The molecule has 1 amide bonds. The van der Waals surface area contributed by atoms with Gasteiger partial charge in [-0.15, -0.1) is 0 Å². The maximum absolute atomic E-state index is 13.2. The third-order valence-corrected chi connectivity index (χ3v) is 7.93. The molecule has 10 heteroatoms. The fourth-order valence-electron chi connectivity index (χ4n) is 4.43. The van der Waals surface area contributed by atoms with Crippen LogP contribution in [0, 0.1) is 6.92 Å². The first-order chi connectivity index (χ1) is 18.0. The molecule has 4 N–H and O–H groups in total. The molecule has 0 bridgehead atoms. The van der Waals surface area contributed by atoms with Crippen LogP contribution in [0.2, 0.25) is 0 Å². The molecule has 5 rings (SSSR count). The summed E-state index contributed by atoms with van der Waals surface area (Å²) in [6.07, 6.45) is -1.23. The summed E-state index contributed by atoms with van der Waals surface area (Å²) in [6.45, 7) is 5.15. The third-order valence-electron chi connectivity index (χ3n) is 6.49. The standard InChI is InChI=1S/C28H28N4O5S/c1-17-8-7-11-20(14-17)38(35,36)32-25-21-15-19(12-13-23(21)37-28(2,3)26(25)33)27(34)29-24-16-22(30-31-24)18-9-5-4-6-10-18/h4-16,25-26,32-33H,1-3H3,(H2,29,30,31,34)/t25-,26+/m1/s1. The van der Waals surface area contributed by atoms with Gasteiger partial charge in [-0.3, -0.25) is 9.89 Å². The maximum atomic E-state index is 13.2. The third kappa shape index (κ3) is 5.06. The zero-order valence-corrected chi connectivity index (χ0v) is 21.9. The topological polar surface area (TPSA) is 133 Å². The first-order valence-electron chi connectivity index (χ1n) is 12.1. The van der Waals surface area contributed by atoms with Crippen molar-refractivity contribution in [3.05, 3.63) is 95.6 Å². The second kappa shape index (κ2) is 9.71. The summed E-state index contributed by atoms with van der Waals surface area (Å²) < 4.78 is 35.1. The number of aromatic amines is 1. The summed E-state index contributed by atoms with van der Waals surface area (Å²) in [5, 5.41) is 20.9. The van der Waals surface area contributed by atoms with Crippen molar-refractivity contribution in [3.8, 4) is 17.0 Å². The van der Waals surface area contributed by atoms with Gasteiger partial charge in [0.05, 0.1) is 16.6 Å². The number of rotatable bonds is 6. The highest BCUT2D eigenvalue weighted by molar-refractivity contribution is 7.89. The highest BCUT2D eigenvalue weighted by atomic mass is 32.2. The van der Waals surface area contributed by atoms with Crippen LogP contribution in [0.25, 0.3) is 11.3 Å². The highest BCUT2D eigenvalue weighted by Crippen LogP contribution is 2.41. The van der Waals surface area contributed by atoms with E-state index in [9.17, 15) is 18.3 Å². The number of hydrogen-bond acceptors (Lipinski definition) is 6. The number of aliphatic hydroxyl groups excluding tert-OH is 1. The van der Waals surface area contributed by atoms with E-state index in [4.69, 9.17) is 4.74 Å². The molecule has 9 nitrogen and oxygen atoms in total. The number of aryl methyl sites for hydroxylation is 1. The Morgan fingerprint density at radius 3 is 2.53 bits per heavy atom. The number of fused-ring (bicyclic) bond motifs is 1. The van der Waals surface area contributed by atoms with Crippen LogP contribution in [0.4, 0.5) is 5.82 Å². The minimum atomic E-state index is -3.99. The summed E-state index contributed by atoms with van der Waals surface area (Å²) in [5.41, 5.74) is 1.98. The molecule has 1 aliphatic heterocycles. The van der Waals surface area contributed by atoms with Crippen molar-refractivity contribution in [2.75, 3.05) is 5.32 Å². The van der Waals surface area contributed by atoms with Crippen molar-refractivity contribution in [2.24, 2.45) is 0 Å². The van der Waals surface area contributed by atoms with Crippen LogP contribution in [0.3, 0.4) is 0 Å². The molecule has 1 aliphatic rings. The summed E-state index contributed by atoms with van der Waals surface area (Å²) in [7, 11) is -3.99. The van der Waals surface area contributed by atoms with Gasteiger partial charge in [0.2, 0.25) is 10.0 Å². The van der Waals surface area contributed by atoms with Crippen LogP contribution >= 0.6 is 0 Å². The molecule has 38 heavy (non-hydrogen) atoms. The molecular formula is C28H28N4O5S. The Hall–Kier alpha value is -3.99. The van der Waals surface area contributed by atoms with Gasteiger partial charge in [-0.1, -0.05) is 42.5 Å². The molecule has 2 atom stereocenters. The molecular weight excluding hydrogens is 504 g/mol. The van der Waals surface area contributed by atoms with E-state index in [-0.39, 0.29) is 10.5 Å². The van der Waals surface area contributed by atoms with E-state index in [0.717, 1.165) is 16.8 Å². The number of H-pyrrole nitrogens is 1. The molecule has 0 saturated carbocycles. The van der Waals surface area contributed by atoms with Gasteiger partial charge in [-0.25, -0.2) is 13.1 Å². The molecule has 4 aromatic rings. The number of hydrogen-bond donors (Lipinski definition) is 4. The number of sulfonamides is 1. The minimum absolute atomic E-state index is 0.0807. The van der Waals surface area contributed by atoms with Gasteiger partial charge in [0.25, 0.3) is 5.91 Å². The van der Waals surface area contributed by atoms with Gasteiger partial charge in [-0.05, 0) is 62.2 Å². The highest BCUT2D eigenvalue weighted by Gasteiger charge is 2.45. The maximum Gasteiger partial charge on any atom is 0.256 e. The minimum Gasteiger partial charge on any atom is -0.485 e. The van der Waals surface area contributed by atoms with Gasteiger partial charge in [0.1, 0.15) is 17.5 Å². The second-order valence-electron chi connectivity index (χ2n) is 9.81. The second-order valence-corrected chi connectivity index (χ2v) is 11.5. The average Bonchev–Trinajstić information content (AvgIpc) is 3.35. The van der Waals surface area contributed by atoms with Gasteiger partial charge >= 0.3 is 0 Å². The first-order valence-corrected chi connectivity index (χ1v) is 13.5. The molecule has 196 valence electrons. The molecule has 0 spiro atoms. The zero-order chi connectivity index (χ0) is 27.1. The number of carbonyl (C=O) groups excluding carboxylic acids is 1. The lowest BCUT2D eigenvalue weighted by molar-refractivity contribution is -0.0603. The average molecular weight is 533 g/mol. The number of amides is 1. The smallest absolute Gasteiger partial charge is 0.256 e.